The van der Waals surface area contributed by atoms with E-state index >= 15 is 0 Å². The summed E-state index contributed by atoms with van der Waals surface area (Å²) in [7, 11) is 0. The van der Waals surface area contributed by atoms with Crippen molar-refractivity contribution in [3.05, 3.63) is 65.2 Å². The zero-order valence-electron chi connectivity index (χ0n) is 11.1. The summed E-state index contributed by atoms with van der Waals surface area (Å²) in [5.41, 5.74) is 4.40. The Bertz CT molecular complexity index is 822. The highest BCUT2D eigenvalue weighted by Crippen LogP contribution is 2.33. The first-order valence-corrected chi connectivity index (χ1v) is 6.95. The average molecular weight is 244 g/mol. The second kappa shape index (κ2) is 3.96. The molecule has 0 heterocycles. The first kappa shape index (κ1) is 10.8. The number of benzene rings is 3. The van der Waals surface area contributed by atoms with Crippen molar-refractivity contribution in [1.29, 1.82) is 0 Å². The van der Waals surface area contributed by atoms with Crippen molar-refractivity contribution in [1.82, 2.24) is 0 Å². The molecule has 0 aliphatic heterocycles. The second-order valence-corrected chi connectivity index (χ2v) is 5.39. The van der Waals surface area contributed by atoms with Gasteiger partial charge in [0.2, 0.25) is 0 Å². The zero-order valence-corrected chi connectivity index (χ0v) is 11.1. The van der Waals surface area contributed by atoms with Gasteiger partial charge in [-0.25, -0.2) is 0 Å². The van der Waals surface area contributed by atoms with Gasteiger partial charge in [0.15, 0.2) is 0 Å². The maximum Gasteiger partial charge on any atom is -0.00966 e. The van der Waals surface area contributed by atoms with Crippen LogP contribution in [-0.4, -0.2) is 0 Å². The fourth-order valence-electron chi connectivity index (χ4n) is 3.32. The van der Waals surface area contributed by atoms with Crippen molar-refractivity contribution < 1.29 is 0 Å². The SMILES string of the molecule is Cc1c2c(cc3c1ccc1ccccc13)C=CCC2. The summed E-state index contributed by atoms with van der Waals surface area (Å²) in [6.45, 7) is 2.27. The van der Waals surface area contributed by atoms with Gasteiger partial charge in [0, 0.05) is 0 Å². The lowest BCUT2D eigenvalue weighted by atomic mass is 9.87. The third-order valence-corrected chi connectivity index (χ3v) is 4.33. The standard InChI is InChI=1S/C19H16/c1-13-16-8-4-3-7-15(16)12-19-17(13)11-10-14-6-2-5-9-18(14)19/h2-3,5-7,9-12H,4,8H2,1H3. The molecule has 0 bridgehead atoms. The molecule has 0 saturated heterocycles. The Morgan fingerprint density at radius 2 is 1.79 bits per heavy atom. The largest absolute Gasteiger partial charge is 0.0836 e. The van der Waals surface area contributed by atoms with Crippen LogP contribution in [-0.2, 0) is 6.42 Å². The first-order valence-electron chi connectivity index (χ1n) is 6.95. The molecule has 19 heavy (non-hydrogen) atoms. The normalized spacial score (nSPS) is 13.9. The van der Waals surface area contributed by atoms with Crippen LogP contribution in [0.15, 0.2) is 48.5 Å². The molecule has 0 heteroatoms. The highest BCUT2D eigenvalue weighted by Gasteiger charge is 2.12. The monoisotopic (exact) mass is 244 g/mol. The Balaban J connectivity index is 2.21. The van der Waals surface area contributed by atoms with Crippen LogP contribution in [0.1, 0.15) is 23.1 Å². The van der Waals surface area contributed by atoms with Crippen molar-refractivity contribution in [2.45, 2.75) is 19.8 Å². The molecule has 0 aromatic heterocycles. The van der Waals surface area contributed by atoms with Gasteiger partial charge in [0.25, 0.3) is 0 Å². The second-order valence-electron chi connectivity index (χ2n) is 5.39. The fourth-order valence-corrected chi connectivity index (χ4v) is 3.32. The summed E-state index contributed by atoms with van der Waals surface area (Å²) in [6.07, 6.45) is 6.93. The fraction of sp³-hybridized carbons (Fsp3) is 0.158. The highest BCUT2D eigenvalue weighted by atomic mass is 14.2. The number of aryl methyl sites for hydroxylation is 1. The van der Waals surface area contributed by atoms with E-state index in [2.05, 4.69) is 61.5 Å². The van der Waals surface area contributed by atoms with Gasteiger partial charge in [-0.2, -0.15) is 0 Å². The minimum Gasteiger partial charge on any atom is -0.0836 e. The molecule has 1 aliphatic carbocycles. The van der Waals surface area contributed by atoms with Gasteiger partial charge < -0.3 is 0 Å². The minimum atomic E-state index is 1.17. The molecular weight excluding hydrogens is 228 g/mol. The summed E-state index contributed by atoms with van der Waals surface area (Å²) in [4.78, 5) is 0. The molecular formula is C19H16. The van der Waals surface area contributed by atoms with Gasteiger partial charge in [-0.3, -0.25) is 0 Å². The number of hydrogen-bond donors (Lipinski definition) is 0. The summed E-state index contributed by atoms with van der Waals surface area (Å²) >= 11 is 0. The van der Waals surface area contributed by atoms with Crippen LogP contribution in [0.2, 0.25) is 0 Å². The van der Waals surface area contributed by atoms with E-state index in [0.29, 0.717) is 0 Å². The lowest BCUT2D eigenvalue weighted by Crippen LogP contribution is -1.98. The molecule has 0 amide bonds. The van der Waals surface area contributed by atoms with Crippen molar-refractivity contribution >= 4 is 27.6 Å². The van der Waals surface area contributed by atoms with Crippen LogP contribution in [0.4, 0.5) is 0 Å². The molecule has 0 radical (unpaired) electrons. The molecule has 0 N–H and O–H groups in total. The number of hydrogen-bond acceptors (Lipinski definition) is 0. The topological polar surface area (TPSA) is 0 Å². The van der Waals surface area contributed by atoms with Gasteiger partial charge in [-0.15, -0.1) is 0 Å². The molecule has 0 atom stereocenters. The first-order chi connectivity index (χ1) is 9.34. The van der Waals surface area contributed by atoms with E-state index in [0.717, 1.165) is 0 Å². The smallest absolute Gasteiger partial charge is 0.00966 e. The van der Waals surface area contributed by atoms with Gasteiger partial charge in [0.05, 0.1) is 0 Å². The van der Waals surface area contributed by atoms with Crippen LogP contribution >= 0.6 is 0 Å². The molecule has 1 aliphatic rings. The van der Waals surface area contributed by atoms with Gasteiger partial charge in [0.1, 0.15) is 0 Å². The average Bonchev–Trinajstić information content (AvgIpc) is 2.47. The minimum absolute atomic E-state index is 1.17. The van der Waals surface area contributed by atoms with Gasteiger partial charge in [-0.1, -0.05) is 48.6 Å². The van der Waals surface area contributed by atoms with Crippen molar-refractivity contribution in [3.8, 4) is 0 Å². The molecule has 3 aromatic rings. The third-order valence-electron chi connectivity index (χ3n) is 4.33. The highest BCUT2D eigenvalue weighted by molar-refractivity contribution is 6.09. The van der Waals surface area contributed by atoms with E-state index in [1.807, 2.05) is 0 Å². The molecule has 92 valence electrons. The van der Waals surface area contributed by atoms with E-state index in [4.69, 9.17) is 0 Å². The summed E-state index contributed by atoms with van der Waals surface area (Å²) in [5.74, 6) is 0. The van der Waals surface area contributed by atoms with E-state index in [1.54, 1.807) is 0 Å². The van der Waals surface area contributed by atoms with Crippen LogP contribution < -0.4 is 0 Å². The molecule has 0 saturated carbocycles. The van der Waals surface area contributed by atoms with E-state index in [1.165, 1.54) is 51.1 Å². The Hall–Kier alpha value is -2.08. The predicted octanol–water partition coefficient (Wildman–Crippen LogP) is 5.26. The molecule has 0 spiro atoms. The zero-order chi connectivity index (χ0) is 12.8. The van der Waals surface area contributed by atoms with Crippen molar-refractivity contribution in [3.63, 3.8) is 0 Å². The molecule has 0 unspecified atom stereocenters. The predicted molar refractivity (Wildman–Crippen MR) is 83.5 cm³/mol. The molecule has 3 aromatic carbocycles. The third kappa shape index (κ3) is 1.53. The summed E-state index contributed by atoms with van der Waals surface area (Å²) in [5, 5.41) is 5.49. The van der Waals surface area contributed by atoms with Crippen LogP contribution in [0.3, 0.4) is 0 Å². The van der Waals surface area contributed by atoms with Crippen LogP contribution in [0.25, 0.3) is 27.6 Å². The molecule has 0 nitrogen and oxygen atoms in total. The lowest BCUT2D eigenvalue weighted by Gasteiger charge is -2.17. The van der Waals surface area contributed by atoms with Gasteiger partial charge in [-0.05, 0) is 64.1 Å². The lowest BCUT2D eigenvalue weighted by molar-refractivity contribution is 0.976. The maximum atomic E-state index is 2.37. The maximum absolute atomic E-state index is 2.37. The van der Waals surface area contributed by atoms with Crippen LogP contribution in [0.5, 0.6) is 0 Å². The Labute approximate surface area is 113 Å². The van der Waals surface area contributed by atoms with Gasteiger partial charge >= 0.3 is 0 Å². The molecule has 4 rings (SSSR count). The molecule has 0 fully saturated rings. The Kier molecular flexibility index (Phi) is 2.25. The number of fused-ring (bicyclic) bond motifs is 4. The summed E-state index contributed by atoms with van der Waals surface area (Å²) < 4.78 is 0. The number of allylic oxidation sites excluding steroid dienone is 1. The van der Waals surface area contributed by atoms with E-state index in [-0.39, 0.29) is 0 Å². The van der Waals surface area contributed by atoms with Crippen molar-refractivity contribution in [2.24, 2.45) is 0 Å². The number of rotatable bonds is 0. The Morgan fingerprint density at radius 3 is 2.74 bits per heavy atom. The van der Waals surface area contributed by atoms with Crippen LogP contribution in [0, 0.1) is 6.92 Å². The Morgan fingerprint density at radius 1 is 0.895 bits per heavy atom. The van der Waals surface area contributed by atoms with E-state index in [9.17, 15) is 0 Å². The summed E-state index contributed by atoms with van der Waals surface area (Å²) in [6, 6.07) is 15.6. The van der Waals surface area contributed by atoms with E-state index < -0.39 is 0 Å². The quantitative estimate of drug-likeness (QED) is 0.473. The van der Waals surface area contributed by atoms with Crippen molar-refractivity contribution in [2.75, 3.05) is 0 Å².